The van der Waals surface area contributed by atoms with Gasteiger partial charge in [0.25, 0.3) is 0 Å². The Kier molecular flexibility index (Phi) is 6.83. The molecule has 2 rings (SSSR count). The van der Waals surface area contributed by atoms with Gasteiger partial charge in [-0.3, -0.25) is 4.79 Å². The molecule has 1 aromatic rings. The first-order chi connectivity index (χ1) is 11.3. The maximum Gasteiger partial charge on any atom is 0.417 e. The smallest absolute Gasteiger partial charge is 0.352 e. The molecule has 0 bridgehead atoms. The average Bonchev–Trinajstić information content (AvgIpc) is 2.53. The van der Waals surface area contributed by atoms with Gasteiger partial charge < -0.3 is 10.2 Å². The third kappa shape index (κ3) is 5.57. The first-order valence-corrected chi connectivity index (χ1v) is 9.28. The zero-order valence-electron chi connectivity index (χ0n) is 13.4. The van der Waals surface area contributed by atoms with Gasteiger partial charge in [0.15, 0.2) is 0 Å². The molecular formula is C16H21ClF3N2OS+. The van der Waals surface area contributed by atoms with E-state index in [1.807, 2.05) is 0 Å². The van der Waals surface area contributed by atoms with Crippen LogP contribution in [0.5, 0.6) is 0 Å². The number of nitrogens with one attached hydrogen (secondary N) is 2. The average molecular weight is 382 g/mol. The predicted octanol–water partition coefficient (Wildman–Crippen LogP) is 2.63. The minimum Gasteiger partial charge on any atom is -0.352 e. The van der Waals surface area contributed by atoms with Crippen LogP contribution < -0.4 is 10.2 Å². The molecule has 0 unspecified atom stereocenters. The molecular weight excluding hydrogens is 361 g/mol. The van der Waals surface area contributed by atoms with Crippen LogP contribution in [0.25, 0.3) is 0 Å². The van der Waals surface area contributed by atoms with Crippen LogP contribution in [0.3, 0.4) is 0 Å². The lowest BCUT2D eigenvalue weighted by atomic mass is 10.1. The summed E-state index contributed by atoms with van der Waals surface area (Å²) < 4.78 is 38.5. The number of piperidine rings is 1. The third-order valence-corrected chi connectivity index (χ3v) is 5.49. The molecule has 24 heavy (non-hydrogen) atoms. The summed E-state index contributed by atoms with van der Waals surface area (Å²) in [5, 5.41) is 2.64. The number of amides is 1. The number of hydrogen-bond acceptors (Lipinski definition) is 2. The molecule has 1 fully saturated rings. The third-order valence-electron chi connectivity index (χ3n) is 4.17. The second kappa shape index (κ2) is 8.45. The van der Waals surface area contributed by atoms with E-state index in [0.29, 0.717) is 4.90 Å². The van der Waals surface area contributed by atoms with Gasteiger partial charge in [-0.2, -0.15) is 13.2 Å². The molecule has 1 aliphatic heterocycles. The van der Waals surface area contributed by atoms with Crippen molar-refractivity contribution in [2.75, 3.05) is 25.4 Å². The lowest BCUT2D eigenvalue weighted by molar-refractivity contribution is -0.903. The zero-order chi connectivity index (χ0) is 17.7. The van der Waals surface area contributed by atoms with Gasteiger partial charge in [-0.15, -0.1) is 11.8 Å². The van der Waals surface area contributed by atoms with Crippen LogP contribution in [0.4, 0.5) is 13.2 Å². The van der Waals surface area contributed by atoms with Crippen molar-refractivity contribution in [3.05, 3.63) is 28.8 Å². The number of carbonyl (C=O) groups excluding carboxylic acids is 1. The van der Waals surface area contributed by atoms with E-state index in [-0.39, 0.29) is 22.7 Å². The number of hydrogen-bond donors (Lipinski definition) is 2. The fourth-order valence-electron chi connectivity index (χ4n) is 2.75. The quantitative estimate of drug-likeness (QED) is 0.769. The fraction of sp³-hybridized carbons (Fsp3) is 0.562. The fourth-order valence-corrected chi connectivity index (χ4v) is 3.72. The predicted molar refractivity (Wildman–Crippen MR) is 89.6 cm³/mol. The standard InChI is InChI=1S/C16H20ClF3N2OS/c1-2-22-7-5-11(6-8-22)21-15(23)10-24-12-3-4-14(17)13(9-12)16(18,19)20/h3-4,9,11H,2,5-8,10H2,1H3,(H,21,23)/p+1. The van der Waals surface area contributed by atoms with Crippen molar-refractivity contribution in [3.63, 3.8) is 0 Å². The topological polar surface area (TPSA) is 33.5 Å². The summed E-state index contributed by atoms with van der Waals surface area (Å²) >= 11 is 6.67. The van der Waals surface area contributed by atoms with Gasteiger partial charge in [-0.1, -0.05) is 11.6 Å². The Hall–Kier alpha value is -0.920. The van der Waals surface area contributed by atoms with Crippen molar-refractivity contribution < 1.29 is 22.9 Å². The maximum absolute atomic E-state index is 12.8. The van der Waals surface area contributed by atoms with E-state index in [9.17, 15) is 18.0 Å². The molecule has 0 radical (unpaired) electrons. The highest BCUT2D eigenvalue weighted by molar-refractivity contribution is 8.00. The molecule has 0 aliphatic carbocycles. The largest absolute Gasteiger partial charge is 0.417 e. The lowest BCUT2D eigenvalue weighted by Gasteiger charge is -2.28. The number of thioether (sulfide) groups is 1. The van der Waals surface area contributed by atoms with Crippen LogP contribution in [0.2, 0.25) is 5.02 Å². The van der Waals surface area contributed by atoms with Crippen LogP contribution in [0.15, 0.2) is 23.1 Å². The van der Waals surface area contributed by atoms with Crippen molar-refractivity contribution in [1.29, 1.82) is 0 Å². The minimum atomic E-state index is -4.49. The first-order valence-electron chi connectivity index (χ1n) is 7.92. The van der Waals surface area contributed by atoms with E-state index in [1.165, 1.54) is 17.0 Å². The van der Waals surface area contributed by atoms with Crippen molar-refractivity contribution >= 4 is 29.3 Å². The van der Waals surface area contributed by atoms with E-state index in [2.05, 4.69) is 12.2 Å². The number of likely N-dealkylation sites (tertiary alicyclic amines) is 1. The van der Waals surface area contributed by atoms with Crippen molar-refractivity contribution in [3.8, 4) is 0 Å². The monoisotopic (exact) mass is 381 g/mol. The van der Waals surface area contributed by atoms with Crippen molar-refractivity contribution in [2.24, 2.45) is 0 Å². The Labute approximate surface area is 148 Å². The summed E-state index contributed by atoms with van der Waals surface area (Å²) in [6.45, 7) is 5.32. The summed E-state index contributed by atoms with van der Waals surface area (Å²) in [6.07, 6.45) is -2.61. The van der Waals surface area contributed by atoms with E-state index in [4.69, 9.17) is 11.6 Å². The summed E-state index contributed by atoms with van der Waals surface area (Å²) in [7, 11) is 0. The van der Waals surface area contributed by atoms with Gasteiger partial charge in [0.1, 0.15) is 0 Å². The Bertz CT molecular complexity index is 575. The van der Waals surface area contributed by atoms with Crippen molar-refractivity contribution in [2.45, 2.75) is 36.9 Å². The second-order valence-electron chi connectivity index (χ2n) is 5.87. The molecule has 1 aliphatic rings. The second-order valence-corrected chi connectivity index (χ2v) is 7.33. The lowest BCUT2D eigenvalue weighted by Crippen LogP contribution is -3.13. The van der Waals surface area contributed by atoms with Crippen LogP contribution >= 0.6 is 23.4 Å². The number of quaternary nitrogens is 1. The summed E-state index contributed by atoms with van der Waals surface area (Å²) in [5.41, 5.74) is -0.871. The van der Waals surface area contributed by atoms with Gasteiger partial charge in [0, 0.05) is 23.8 Å². The Balaban J connectivity index is 1.84. The Morgan fingerprint density at radius 2 is 2.04 bits per heavy atom. The molecule has 0 saturated carbocycles. The van der Waals surface area contributed by atoms with E-state index >= 15 is 0 Å². The number of benzene rings is 1. The van der Waals surface area contributed by atoms with Crippen molar-refractivity contribution in [1.82, 2.24) is 5.32 Å². The summed E-state index contributed by atoms with van der Waals surface area (Å²) in [5.74, 6) is -0.0479. The molecule has 1 amide bonds. The molecule has 0 aromatic heterocycles. The highest BCUT2D eigenvalue weighted by Gasteiger charge is 2.33. The number of carbonyl (C=O) groups is 1. The Morgan fingerprint density at radius 3 is 2.62 bits per heavy atom. The van der Waals surface area contributed by atoms with Crippen LogP contribution in [0, 0.1) is 0 Å². The van der Waals surface area contributed by atoms with E-state index < -0.39 is 11.7 Å². The summed E-state index contributed by atoms with van der Waals surface area (Å²) in [6, 6.07) is 3.87. The molecule has 2 N–H and O–H groups in total. The molecule has 1 aromatic carbocycles. The molecule has 1 heterocycles. The molecule has 0 atom stereocenters. The van der Waals surface area contributed by atoms with Crippen LogP contribution in [-0.4, -0.2) is 37.3 Å². The van der Waals surface area contributed by atoms with Crippen LogP contribution in [0.1, 0.15) is 25.3 Å². The van der Waals surface area contributed by atoms with Crippen LogP contribution in [-0.2, 0) is 11.0 Å². The highest BCUT2D eigenvalue weighted by atomic mass is 35.5. The van der Waals surface area contributed by atoms with E-state index in [0.717, 1.165) is 50.3 Å². The van der Waals surface area contributed by atoms with E-state index in [1.54, 1.807) is 0 Å². The molecule has 3 nitrogen and oxygen atoms in total. The Morgan fingerprint density at radius 1 is 1.38 bits per heavy atom. The van der Waals surface area contributed by atoms with Gasteiger partial charge in [0.05, 0.1) is 36.0 Å². The van der Waals surface area contributed by atoms with Gasteiger partial charge in [-0.05, 0) is 25.1 Å². The number of halogens is 4. The van der Waals surface area contributed by atoms with Gasteiger partial charge >= 0.3 is 6.18 Å². The van der Waals surface area contributed by atoms with Gasteiger partial charge in [0.2, 0.25) is 5.91 Å². The summed E-state index contributed by atoms with van der Waals surface area (Å²) in [4.78, 5) is 13.9. The highest BCUT2D eigenvalue weighted by Crippen LogP contribution is 2.36. The minimum absolute atomic E-state index is 0.0970. The molecule has 134 valence electrons. The molecule has 8 heteroatoms. The number of rotatable bonds is 5. The molecule has 1 saturated heterocycles. The maximum atomic E-state index is 12.8. The SMILES string of the molecule is CC[NH+]1CCC(NC(=O)CSc2ccc(Cl)c(C(F)(F)F)c2)CC1. The zero-order valence-corrected chi connectivity index (χ0v) is 15.0. The normalized spacial score (nSPS) is 21.5. The molecule has 0 spiro atoms. The number of alkyl halides is 3. The first kappa shape index (κ1) is 19.4. The van der Waals surface area contributed by atoms with Gasteiger partial charge in [-0.25, -0.2) is 0 Å².